The van der Waals surface area contributed by atoms with Gasteiger partial charge in [0.25, 0.3) is 0 Å². The van der Waals surface area contributed by atoms with Crippen LogP contribution in [0.4, 0.5) is 10.5 Å². The first kappa shape index (κ1) is 14.8. The Bertz CT molecular complexity index is 697. The monoisotopic (exact) mass is 285 g/mol. The SMILES string of the molecule is CC(C)(C)c1c/c(=N/C(=O)Nc2ccccc2)ccn1O. The molecule has 1 aromatic carbocycles. The highest BCUT2D eigenvalue weighted by atomic mass is 16.5. The van der Waals surface area contributed by atoms with E-state index in [0.717, 1.165) is 4.73 Å². The Balaban J connectivity index is 2.27. The van der Waals surface area contributed by atoms with Crippen molar-refractivity contribution in [1.82, 2.24) is 4.73 Å². The zero-order chi connectivity index (χ0) is 15.5. The minimum atomic E-state index is -0.447. The lowest BCUT2D eigenvalue weighted by Crippen LogP contribution is -2.23. The van der Waals surface area contributed by atoms with Crippen LogP contribution in [-0.4, -0.2) is 16.0 Å². The largest absolute Gasteiger partial charge is 0.429 e. The van der Waals surface area contributed by atoms with E-state index in [2.05, 4.69) is 10.3 Å². The molecule has 2 amide bonds. The number of amides is 2. The van der Waals surface area contributed by atoms with Gasteiger partial charge in [0.2, 0.25) is 0 Å². The molecule has 0 aliphatic carbocycles. The number of hydrogen-bond acceptors (Lipinski definition) is 2. The summed E-state index contributed by atoms with van der Waals surface area (Å²) >= 11 is 0. The molecule has 2 N–H and O–H groups in total. The van der Waals surface area contributed by atoms with Crippen LogP contribution in [0.25, 0.3) is 0 Å². The zero-order valence-corrected chi connectivity index (χ0v) is 12.4. The van der Waals surface area contributed by atoms with Gasteiger partial charge in [-0.25, -0.2) is 4.79 Å². The van der Waals surface area contributed by atoms with Crippen LogP contribution in [-0.2, 0) is 5.41 Å². The highest BCUT2D eigenvalue weighted by Gasteiger charge is 2.17. The maximum absolute atomic E-state index is 11.9. The molecule has 0 aliphatic rings. The summed E-state index contributed by atoms with van der Waals surface area (Å²) in [6.45, 7) is 5.93. The number of anilines is 1. The number of aromatic nitrogens is 1. The van der Waals surface area contributed by atoms with E-state index in [1.807, 2.05) is 39.0 Å². The highest BCUT2D eigenvalue weighted by molar-refractivity contribution is 5.89. The molecule has 0 unspecified atom stereocenters. The fraction of sp³-hybridized carbons (Fsp3) is 0.250. The predicted octanol–water partition coefficient (Wildman–Crippen LogP) is 3.16. The number of hydrogen-bond donors (Lipinski definition) is 2. The molecule has 0 bridgehead atoms. The number of nitrogens with one attached hydrogen (secondary N) is 1. The molecular weight excluding hydrogens is 266 g/mol. The molecule has 1 heterocycles. The van der Waals surface area contributed by atoms with Crippen molar-refractivity contribution < 1.29 is 10.0 Å². The molecule has 0 radical (unpaired) electrons. The molecule has 0 saturated carbocycles. The summed E-state index contributed by atoms with van der Waals surface area (Å²) < 4.78 is 1.05. The molecular formula is C16H19N3O2. The van der Waals surface area contributed by atoms with Crippen LogP contribution in [0, 0.1) is 0 Å². The fourth-order valence-corrected chi connectivity index (χ4v) is 1.90. The van der Waals surface area contributed by atoms with E-state index < -0.39 is 6.03 Å². The second-order valence-corrected chi connectivity index (χ2v) is 5.77. The minimum absolute atomic E-state index is 0.254. The quantitative estimate of drug-likeness (QED) is 0.790. The Kier molecular flexibility index (Phi) is 4.12. The fourth-order valence-electron chi connectivity index (χ4n) is 1.90. The normalized spacial score (nSPS) is 12.2. The molecule has 0 saturated heterocycles. The van der Waals surface area contributed by atoms with Crippen LogP contribution in [0.1, 0.15) is 26.5 Å². The summed E-state index contributed by atoms with van der Waals surface area (Å²) in [7, 11) is 0. The smallest absolute Gasteiger partial charge is 0.345 e. The molecule has 0 spiro atoms. The van der Waals surface area contributed by atoms with Gasteiger partial charge in [0, 0.05) is 17.3 Å². The number of urea groups is 1. The average molecular weight is 285 g/mol. The van der Waals surface area contributed by atoms with Gasteiger partial charge in [-0.1, -0.05) is 39.0 Å². The first-order valence-electron chi connectivity index (χ1n) is 6.69. The molecule has 2 aromatic rings. The van der Waals surface area contributed by atoms with Crippen LogP contribution in [0.5, 0.6) is 0 Å². The number of nitrogens with zero attached hydrogens (tertiary/aromatic N) is 2. The Morgan fingerprint density at radius 1 is 1.19 bits per heavy atom. The van der Waals surface area contributed by atoms with E-state index >= 15 is 0 Å². The van der Waals surface area contributed by atoms with Crippen LogP contribution in [0.15, 0.2) is 53.7 Å². The predicted molar refractivity (Wildman–Crippen MR) is 81.3 cm³/mol. The molecule has 0 aliphatic heterocycles. The Hall–Kier alpha value is -2.56. The van der Waals surface area contributed by atoms with Gasteiger partial charge in [-0.3, -0.25) is 0 Å². The summed E-state index contributed by atoms with van der Waals surface area (Å²) in [5.74, 6) is 0. The molecule has 1 aromatic heterocycles. The third-order valence-electron chi connectivity index (χ3n) is 2.94. The number of para-hydroxylation sites is 1. The lowest BCUT2D eigenvalue weighted by molar-refractivity contribution is 0.163. The van der Waals surface area contributed by atoms with E-state index in [-0.39, 0.29) is 5.41 Å². The van der Waals surface area contributed by atoms with Gasteiger partial charge in [-0.2, -0.15) is 9.72 Å². The van der Waals surface area contributed by atoms with Gasteiger partial charge in [0.1, 0.15) is 0 Å². The van der Waals surface area contributed by atoms with Crippen molar-refractivity contribution in [1.29, 1.82) is 0 Å². The maximum atomic E-state index is 11.9. The molecule has 0 fully saturated rings. The average Bonchev–Trinajstić information content (AvgIpc) is 2.41. The number of rotatable bonds is 1. The summed E-state index contributed by atoms with van der Waals surface area (Å²) in [5, 5.41) is 13.0. The standard InChI is InChI=1S/C16H19N3O2/c1-16(2,3)14-11-13(9-10-19(14)21)18-15(20)17-12-7-5-4-6-8-12/h4-11,21H,1-3H3,(H,17,20)/b18-13+. The van der Waals surface area contributed by atoms with E-state index in [1.165, 1.54) is 6.20 Å². The highest BCUT2D eigenvalue weighted by Crippen LogP contribution is 2.19. The number of carbonyl (C=O) groups excluding carboxylic acids is 1. The van der Waals surface area contributed by atoms with E-state index in [0.29, 0.717) is 16.7 Å². The van der Waals surface area contributed by atoms with Crippen molar-refractivity contribution in [3.05, 3.63) is 59.7 Å². The van der Waals surface area contributed by atoms with Gasteiger partial charge in [0.15, 0.2) is 0 Å². The van der Waals surface area contributed by atoms with Gasteiger partial charge in [0.05, 0.1) is 11.1 Å². The van der Waals surface area contributed by atoms with Gasteiger partial charge in [-0.05, 0) is 24.3 Å². The lowest BCUT2D eigenvalue weighted by Gasteiger charge is -2.20. The summed E-state index contributed by atoms with van der Waals surface area (Å²) in [5.41, 5.74) is 1.11. The van der Waals surface area contributed by atoms with Crippen molar-refractivity contribution >= 4 is 11.7 Å². The Morgan fingerprint density at radius 3 is 2.48 bits per heavy atom. The Labute approximate surface area is 123 Å². The van der Waals surface area contributed by atoms with E-state index in [9.17, 15) is 10.0 Å². The van der Waals surface area contributed by atoms with Gasteiger partial charge in [-0.15, -0.1) is 0 Å². The topological polar surface area (TPSA) is 66.6 Å². The van der Waals surface area contributed by atoms with Crippen LogP contribution in [0.2, 0.25) is 0 Å². The third-order valence-corrected chi connectivity index (χ3v) is 2.94. The minimum Gasteiger partial charge on any atom is -0.429 e. The molecule has 21 heavy (non-hydrogen) atoms. The van der Waals surface area contributed by atoms with Crippen molar-refractivity contribution in [2.45, 2.75) is 26.2 Å². The summed E-state index contributed by atoms with van der Waals surface area (Å²) in [4.78, 5) is 15.9. The van der Waals surface area contributed by atoms with Gasteiger partial charge >= 0.3 is 6.03 Å². The van der Waals surface area contributed by atoms with Crippen molar-refractivity contribution in [3.8, 4) is 0 Å². The molecule has 5 nitrogen and oxygen atoms in total. The first-order valence-corrected chi connectivity index (χ1v) is 6.69. The number of pyridine rings is 1. The molecule has 5 heteroatoms. The van der Waals surface area contributed by atoms with Crippen molar-refractivity contribution in [3.63, 3.8) is 0 Å². The number of benzene rings is 1. The molecule has 110 valence electrons. The Morgan fingerprint density at radius 2 is 1.86 bits per heavy atom. The molecule has 2 rings (SSSR count). The van der Waals surface area contributed by atoms with Crippen molar-refractivity contribution in [2.75, 3.05) is 5.32 Å². The maximum Gasteiger partial charge on any atom is 0.345 e. The molecule has 0 atom stereocenters. The lowest BCUT2D eigenvalue weighted by atomic mass is 9.91. The van der Waals surface area contributed by atoms with E-state index in [1.54, 1.807) is 24.3 Å². The summed E-state index contributed by atoms with van der Waals surface area (Å²) in [6.07, 6.45) is 1.48. The van der Waals surface area contributed by atoms with Gasteiger partial charge < -0.3 is 10.5 Å². The van der Waals surface area contributed by atoms with Crippen LogP contribution >= 0.6 is 0 Å². The summed E-state index contributed by atoms with van der Waals surface area (Å²) in [6, 6.07) is 12.0. The zero-order valence-electron chi connectivity index (χ0n) is 12.4. The van der Waals surface area contributed by atoms with E-state index in [4.69, 9.17) is 0 Å². The van der Waals surface area contributed by atoms with Crippen molar-refractivity contribution in [2.24, 2.45) is 4.99 Å². The second kappa shape index (κ2) is 5.83. The van der Waals surface area contributed by atoms with Crippen LogP contribution < -0.4 is 10.7 Å². The van der Waals surface area contributed by atoms with Crippen LogP contribution in [0.3, 0.4) is 0 Å². The third kappa shape index (κ3) is 3.95. The second-order valence-electron chi connectivity index (χ2n) is 5.77. The first-order chi connectivity index (χ1) is 9.86. The number of carbonyl (C=O) groups is 1.